The Kier molecular flexibility index (Phi) is 5.86. The molecular weight excluding hydrogens is 267 g/mol. The molecule has 0 amide bonds. The van der Waals surface area contributed by atoms with Crippen LogP contribution < -0.4 is 0 Å². The van der Waals surface area contributed by atoms with Gasteiger partial charge in [-0.3, -0.25) is 14.4 Å². The minimum atomic E-state index is -5.40. The molecule has 1 atom stereocenters. The molecule has 0 aliphatic carbocycles. The Morgan fingerprint density at radius 3 is 2.00 bits per heavy atom. The molecule has 0 aromatic carbocycles. The molecule has 0 aliphatic heterocycles. The largest absolute Gasteiger partial charge is 0.465 e. The number of alkyl halides is 5. The summed E-state index contributed by atoms with van der Waals surface area (Å²) >= 11 is 0. The lowest BCUT2D eigenvalue weighted by molar-refractivity contribution is -0.181. The molecule has 0 radical (unpaired) electrons. The van der Waals surface area contributed by atoms with Gasteiger partial charge in [-0.15, -0.1) is 0 Å². The van der Waals surface area contributed by atoms with Crippen LogP contribution in [0.25, 0.3) is 0 Å². The molecule has 4 nitrogen and oxygen atoms in total. The first kappa shape index (κ1) is 16.5. The molecule has 104 valence electrons. The van der Waals surface area contributed by atoms with E-state index in [1.165, 1.54) is 6.92 Å². The van der Waals surface area contributed by atoms with E-state index in [1.54, 1.807) is 0 Å². The summed E-state index contributed by atoms with van der Waals surface area (Å²) < 4.78 is 64.2. The van der Waals surface area contributed by atoms with Crippen LogP contribution in [0.4, 0.5) is 22.0 Å². The van der Waals surface area contributed by atoms with Gasteiger partial charge in [0.05, 0.1) is 6.61 Å². The van der Waals surface area contributed by atoms with Crippen LogP contribution in [0.5, 0.6) is 0 Å². The van der Waals surface area contributed by atoms with Crippen molar-refractivity contribution in [3.63, 3.8) is 0 Å². The van der Waals surface area contributed by atoms with Crippen molar-refractivity contribution in [1.29, 1.82) is 0 Å². The topological polar surface area (TPSA) is 60.4 Å². The van der Waals surface area contributed by atoms with E-state index in [0.717, 1.165) is 0 Å². The van der Waals surface area contributed by atoms with Crippen LogP contribution in [-0.4, -0.2) is 36.7 Å². The number of hydrogen-bond donors (Lipinski definition) is 0. The summed E-state index contributed by atoms with van der Waals surface area (Å²) in [5.74, 6) is -8.72. The average molecular weight is 276 g/mol. The smallest absolute Gasteiger partial charge is 0.450 e. The minimum Gasteiger partial charge on any atom is -0.465 e. The van der Waals surface area contributed by atoms with Crippen LogP contribution in [0.2, 0.25) is 0 Å². The molecule has 0 heterocycles. The third kappa shape index (κ3) is 4.76. The zero-order chi connectivity index (χ0) is 14.5. The Morgan fingerprint density at radius 1 is 1.17 bits per heavy atom. The van der Waals surface area contributed by atoms with Crippen molar-refractivity contribution in [2.75, 3.05) is 6.61 Å². The van der Waals surface area contributed by atoms with Crippen LogP contribution in [0.15, 0.2) is 0 Å². The molecule has 0 aliphatic rings. The van der Waals surface area contributed by atoms with Crippen LogP contribution in [0, 0.1) is 5.92 Å². The summed E-state index contributed by atoms with van der Waals surface area (Å²) in [5.41, 5.74) is 0. The molecule has 0 aromatic rings. The summed E-state index contributed by atoms with van der Waals surface area (Å²) in [7, 11) is 0. The molecule has 0 saturated carbocycles. The third-order valence-corrected chi connectivity index (χ3v) is 1.82. The Hall–Kier alpha value is -1.54. The first-order valence-electron chi connectivity index (χ1n) is 4.69. The van der Waals surface area contributed by atoms with Gasteiger partial charge in [0.1, 0.15) is 5.92 Å². The van der Waals surface area contributed by atoms with Gasteiger partial charge in [-0.25, -0.2) is 8.78 Å². The monoisotopic (exact) mass is 276 g/mol. The van der Waals surface area contributed by atoms with Gasteiger partial charge in [0.25, 0.3) is 12.2 Å². The van der Waals surface area contributed by atoms with E-state index < -0.39 is 42.5 Å². The Labute approximate surface area is 98.1 Å². The van der Waals surface area contributed by atoms with E-state index in [-0.39, 0.29) is 6.61 Å². The fourth-order valence-electron chi connectivity index (χ4n) is 1.01. The molecular formula is C9H9F5O4. The maximum absolute atomic E-state index is 12.1. The molecule has 0 spiro atoms. The van der Waals surface area contributed by atoms with E-state index >= 15 is 0 Å². The highest BCUT2D eigenvalue weighted by Crippen LogP contribution is 2.24. The zero-order valence-electron chi connectivity index (χ0n) is 9.09. The molecule has 0 aromatic heterocycles. The summed E-state index contributed by atoms with van der Waals surface area (Å²) in [4.78, 5) is 32.5. The average Bonchev–Trinajstić information content (AvgIpc) is 2.23. The first-order valence-corrected chi connectivity index (χ1v) is 4.69. The van der Waals surface area contributed by atoms with Crippen molar-refractivity contribution < 1.29 is 41.1 Å². The number of halogens is 5. The Morgan fingerprint density at radius 2 is 1.67 bits per heavy atom. The van der Waals surface area contributed by atoms with Gasteiger partial charge >= 0.3 is 12.1 Å². The maximum atomic E-state index is 12.1. The second-order valence-corrected chi connectivity index (χ2v) is 3.14. The number of carbonyl (C=O) groups is 3. The molecule has 18 heavy (non-hydrogen) atoms. The summed E-state index contributed by atoms with van der Waals surface area (Å²) in [6.45, 7) is 0.908. The Bertz CT molecular complexity index is 336. The van der Waals surface area contributed by atoms with Crippen molar-refractivity contribution in [3.05, 3.63) is 0 Å². The van der Waals surface area contributed by atoms with Gasteiger partial charge in [-0.05, 0) is 6.92 Å². The van der Waals surface area contributed by atoms with Crippen molar-refractivity contribution in [1.82, 2.24) is 0 Å². The molecule has 0 saturated heterocycles. The highest BCUT2D eigenvalue weighted by Gasteiger charge is 2.48. The molecule has 0 fully saturated rings. The van der Waals surface area contributed by atoms with Crippen LogP contribution >= 0.6 is 0 Å². The van der Waals surface area contributed by atoms with Crippen LogP contribution in [-0.2, 0) is 19.1 Å². The van der Waals surface area contributed by atoms with Gasteiger partial charge in [0.2, 0.25) is 0 Å². The van der Waals surface area contributed by atoms with Gasteiger partial charge in [0, 0.05) is 6.42 Å². The van der Waals surface area contributed by atoms with Crippen molar-refractivity contribution in [2.24, 2.45) is 5.92 Å². The highest BCUT2D eigenvalue weighted by atomic mass is 19.4. The van der Waals surface area contributed by atoms with Crippen molar-refractivity contribution in [2.45, 2.75) is 25.9 Å². The lowest BCUT2D eigenvalue weighted by Gasteiger charge is -2.15. The lowest BCUT2D eigenvalue weighted by atomic mass is 9.97. The van der Waals surface area contributed by atoms with Crippen molar-refractivity contribution in [3.8, 4) is 0 Å². The summed E-state index contributed by atoms with van der Waals surface area (Å²) in [6, 6.07) is 0. The van der Waals surface area contributed by atoms with Gasteiger partial charge in [-0.1, -0.05) is 0 Å². The Balaban J connectivity index is 5.01. The zero-order valence-corrected chi connectivity index (χ0v) is 9.09. The van der Waals surface area contributed by atoms with Crippen molar-refractivity contribution >= 4 is 17.5 Å². The normalized spacial score (nSPS) is 13.3. The van der Waals surface area contributed by atoms with E-state index in [2.05, 4.69) is 4.74 Å². The maximum Gasteiger partial charge on any atom is 0.450 e. The molecule has 0 rings (SSSR count). The lowest BCUT2D eigenvalue weighted by Crippen LogP contribution is -2.38. The fourth-order valence-corrected chi connectivity index (χ4v) is 1.01. The number of rotatable bonds is 6. The molecule has 1 unspecified atom stereocenters. The number of hydrogen-bond acceptors (Lipinski definition) is 4. The van der Waals surface area contributed by atoms with E-state index in [9.17, 15) is 36.3 Å². The first-order chi connectivity index (χ1) is 8.11. The number of Topliss-reactive ketones (excluding diaryl/α,β-unsaturated/α-hetero) is 2. The SMILES string of the molecule is CCOC(=O)C(CC(=O)C(F)F)C(=O)C(F)(F)F. The van der Waals surface area contributed by atoms with E-state index in [0.29, 0.717) is 0 Å². The quantitative estimate of drug-likeness (QED) is 0.419. The predicted octanol–water partition coefficient (Wildman–Crippen LogP) is 1.52. The molecule has 0 N–H and O–H groups in total. The second kappa shape index (κ2) is 6.41. The minimum absolute atomic E-state index is 0.344. The third-order valence-electron chi connectivity index (χ3n) is 1.82. The van der Waals surface area contributed by atoms with Crippen LogP contribution in [0.3, 0.4) is 0 Å². The second-order valence-electron chi connectivity index (χ2n) is 3.14. The standard InChI is InChI=1S/C9H9F5O4/c1-2-18-8(17)4(3-5(15)7(10)11)6(16)9(12,13)14/h4,7H,2-3H2,1H3. The number of ketones is 2. The van der Waals surface area contributed by atoms with Gasteiger partial charge in [-0.2, -0.15) is 13.2 Å². The molecule has 0 bridgehead atoms. The number of ether oxygens (including phenoxy) is 1. The van der Waals surface area contributed by atoms with E-state index in [1.807, 2.05) is 0 Å². The van der Waals surface area contributed by atoms with E-state index in [4.69, 9.17) is 0 Å². The highest BCUT2D eigenvalue weighted by molar-refractivity contribution is 6.05. The summed E-state index contributed by atoms with van der Waals surface area (Å²) in [6.07, 6.45) is -10.5. The molecule has 9 heteroatoms. The fraction of sp³-hybridized carbons (Fsp3) is 0.667. The van der Waals surface area contributed by atoms with Crippen LogP contribution in [0.1, 0.15) is 13.3 Å². The predicted molar refractivity (Wildman–Crippen MR) is 46.8 cm³/mol. The number of esters is 1. The van der Waals surface area contributed by atoms with Gasteiger partial charge < -0.3 is 4.74 Å². The number of carbonyl (C=O) groups excluding carboxylic acids is 3. The summed E-state index contributed by atoms with van der Waals surface area (Å²) in [5, 5.41) is 0. The van der Waals surface area contributed by atoms with Gasteiger partial charge in [0.15, 0.2) is 5.78 Å².